The van der Waals surface area contributed by atoms with E-state index in [-0.39, 0.29) is 41.8 Å². The molecule has 5 aliphatic rings. The van der Waals surface area contributed by atoms with Crippen LogP contribution in [-0.4, -0.2) is 73.5 Å². The maximum Gasteiger partial charge on any atom is 0.185 e. The van der Waals surface area contributed by atoms with Crippen LogP contribution in [-0.2, 0) is 14.3 Å². The Morgan fingerprint density at radius 3 is 2.48 bits per heavy atom. The first-order valence-electron chi connectivity index (χ1n) is 16.2. The molecule has 5 N–H and O–H groups in total. The summed E-state index contributed by atoms with van der Waals surface area (Å²) in [5.74, 6) is -0.303. The molecule has 1 saturated heterocycles. The summed E-state index contributed by atoms with van der Waals surface area (Å²) in [6.45, 7) is 9.80. The summed E-state index contributed by atoms with van der Waals surface area (Å²) in [6.07, 6.45) is 2.95. The molecule has 0 unspecified atom stereocenters. The van der Waals surface area contributed by atoms with E-state index in [1.165, 1.54) is 7.11 Å². The van der Waals surface area contributed by atoms with E-state index in [4.69, 9.17) is 14.2 Å². The fraction of sp³-hybridized carbons (Fsp3) is 0.743. The molecule has 1 aromatic rings. The van der Waals surface area contributed by atoms with Crippen molar-refractivity contribution in [2.75, 3.05) is 7.11 Å². The SMILES string of the molecule is COc1cc([C@@H]2O[C@H](CCC(C)(C)O)[C@](C)([C@H]3CC[C@@]4(O)C5=CC(=O)[C@@H]6C[C@@H](O)[C@@H](O)C[C@]6(C)[C@H]5CC[C@]34C)O2)ccc1O. The molecule has 3 saturated carbocycles. The molecule has 0 spiro atoms. The van der Waals surface area contributed by atoms with Gasteiger partial charge < -0.3 is 39.7 Å². The fourth-order valence-corrected chi connectivity index (χ4v) is 10.0. The van der Waals surface area contributed by atoms with Crippen molar-refractivity contribution >= 4 is 5.78 Å². The van der Waals surface area contributed by atoms with Crippen molar-refractivity contribution in [2.24, 2.45) is 28.6 Å². The van der Waals surface area contributed by atoms with Gasteiger partial charge in [0.1, 0.15) is 0 Å². The van der Waals surface area contributed by atoms with Crippen molar-refractivity contribution in [1.29, 1.82) is 0 Å². The van der Waals surface area contributed by atoms with Gasteiger partial charge in [-0.25, -0.2) is 0 Å². The lowest BCUT2D eigenvalue weighted by Gasteiger charge is -2.60. The van der Waals surface area contributed by atoms with E-state index in [0.717, 1.165) is 12.0 Å². The summed E-state index contributed by atoms with van der Waals surface area (Å²) in [5, 5.41) is 54.7. The van der Waals surface area contributed by atoms with Crippen LogP contribution in [0.4, 0.5) is 0 Å². The molecule has 0 aromatic heterocycles. The Bertz CT molecular complexity index is 1340. The number of phenolic OH excluding ortho intramolecular Hbond substituents is 1. The number of fused-ring (bicyclic) bond motifs is 5. The number of rotatable bonds is 6. The van der Waals surface area contributed by atoms with Gasteiger partial charge in [0.05, 0.1) is 42.2 Å². The van der Waals surface area contributed by atoms with Crippen LogP contribution in [0, 0.1) is 28.6 Å². The minimum absolute atomic E-state index is 0.0203. The van der Waals surface area contributed by atoms with Gasteiger partial charge in [-0.15, -0.1) is 0 Å². The predicted octanol–water partition coefficient (Wildman–Crippen LogP) is 4.33. The van der Waals surface area contributed by atoms with E-state index in [1.54, 1.807) is 38.1 Å². The number of phenols is 1. The van der Waals surface area contributed by atoms with E-state index in [2.05, 4.69) is 20.8 Å². The molecular weight excluding hydrogens is 564 g/mol. The monoisotopic (exact) mass is 614 g/mol. The lowest BCUT2D eigenvalue weighted by molar-refractivity contribution is -0.168. The Kier molecular flexibility index (Phi) is 7.63. The number of methoxy groups -OCH3 is 1. The largest absolute Gasteiger partial charge is 0.504 e. The number of ether oxygens (including phenoxy) is 3. The van der Waals surface area contributed by atoms with Crippen LogP contribution in [0.3, 0.4) is 0 Å². The summed E-state index contributed by atoms with van der Waals surface area (Å²) in [7, 11) is 1.49. The van der Waals surface area contributed by atoms with E-state index in [9.17, 15) is 30.3 Å². The topological polar surface area (TPSA) is 146 Å². The standard InChI is InChI=1S/C35H50O9/c1-31(2,40)12-11-29-34(5,44-30(43-29)19-7-8-23(36)27(15-19)42-6)28-10-14-35(41)21-16-24(37)22-17-25(38)26(39)18-32(22,3)20(21)9-13-33(28,35)4/h7-8,15-16,20,22,25-26,28-30,36,38-41H,9-14,17-18H2,1-6H3/t20-,22-,25+,26-,28-,29+,30+,32+,33+,34-,35+/m0/s1. The zero-order valence-electron chi connectivity index (χ0n) is 26.9. The smallest absolute Gasteiger partial charge is 0.185 e. The number of hydrogen-bond acceptors (Lipinski definition) is 9. The van der Waals surface area contributed by atoms with Crippen molar-refractivity contribution in [3.63, 3.8) is 0 Å². The Balaban J connectivity index is 1.36. The highest BCUT2D eigenvalue weighted by Gasteiger charge is 2.70. The van der Waals surface area contributed by atoms with Gasteiger partial charge in [0.2, 0.25) is 0 Å². The molecule has 0 radical (unpaired) electrons. The molecule has 9 heteroatoms. The zero-order valence-corrected chi connectivity index (χ0v) is 26.9. The summed E-state index contributed by atoms with van der Waals surface area (Å²) >= 11 is 0. The molecule has 9 nitrogen and oxygen atoms in total. The first-order valence-corrected chi connectivity index (χ1v) is 16.2. The van der Waals surface area contributed by atoms with E-state index >= 15 is 0 Å². The van der Waals surface area contributed by atoms with Gasteiger partial charge in [0.15, 0.2) is 23.6 Å². The Morgan fingerprint density at radius 2 is 1.80 bits per heavy atom. The van der Waals surface area contributed by atoms with Gasteiger partial charge in [-0.05, 0) is 113 Å². The van der Waals surface area contributed by atoms with Gasteiger partial charge in [-0.1, -0.05) is 19.9 Å². The number of carbonyl (C=O) groups is 1. The van der Waals surface area contributed by atoms with Gasteiger partial charge in [0, 0.05) is 16.9 Å². The minimum Gasteiger partial charge on any atom is -0.504 e. The quantitative estimate of drug-likeness (QED) is 0.316. The molecule has 0 bridgehead atoms. The normalized spacial score (nSPS) is 45.4. The highest BCUT2D eigenvalue weighted by atomic mass is 16.7. The Morgan fingerprint density at radius 1 is 1.07 bits per heavy atom. The van der Waals surface area contributed by atoms with Gasteiger partial charge in [-0.2, -0.15) is 0 Å². The molecule has 4 fully saturated rings. The highest BCUT2D eigenvalue weighted by molar-refractivity contribution is 5.95. The van der Waals surface area contributed by atoms with Crippen molar-refractivity contribution in [3.05, 3.63) is 35.4 Å². The third kappa shape index (κ3) is 4.68. The molecule has 0 amide bonds. The third-order valence-corrected chi connectivity index (χ3v) is 12.6. The molecule has 44 heavy (non-hydrogen) atoms. The van der Waals surface area contributed by atoms with Gasteiger partial charge >= 0.3 is 0 Å². The molecule has 1 heterocycles. The first kappa shape index (κ1) is 32.0. The summed E-state index contributed by atoms with van der Waals surface area (Å²) in [6, 6.07) is 5.02. The van der Waals surface area contributed by atoms with Crippen LogP contribution >= 0.6 is 0 Å². The third-order valence-electron chi connectivity index (χ3n) is 12.6. The second kappa shape index (κ2) is 10.5. The number of hydrogen-bond donors (Lipinski definition) is 5. The van der Waals surface area contributed by atoms with Gasteiger partial charge in [-0.3, -0.25) is 4.79 Å². The van der Waals surface area contributed by atoms with Crippen LogP contribution in [0.5, 0.6) is 11.5 Å². The predicted molar refractivity (Wildman–Crippen MR) is 162 cm³/mol. The van der Waals surface area contributed by atoms with Crippen LogP contribution in [0.25, 0.3) is 0 Å². The first-order chi connectivity index (χ1) is 20.5. The number of allylic oxidation sites excluding steroid dienone is 1. The van der Waals surface area contributed by atoms with Gasteiger partial charge in [0.25, 0.3) is 0 Å². The number of aliphatic hydroxyl groups excluding tert-OH is 2. The summed E-state index contributed by atoms with van der Waals surface area (Å²) in [4.78, 5) is 13.6. The number of aromatic hydroxyl groups is 1. The molecule has 1 aliphatic heterocycles. The average molecular weight is 615 g/mol. The molecule has 11 atom stereocenters. The molecule has 1 aromatic carbocycles. The number of ketones is 1. The van der Waals surface area contributed by atoms with Crippen LogP contribution < -0.4 is 4.74 Å². The number of benzene rings is 1. The molecule has 6 rings (SSSR count). The van der Waals surface area contributed by atoms with Crippen molar-refractivity contribution in [1.82, 2.24) is 0 Å². The average Bonchev–Trinajstić information content (AvgIpc) is 3.43. The Hall–Kier alpha value is -2.01. The minimum atomic E-state index is -1.24. The second-order valence-corrected chi connectivity index (χ2v) is 15.6. The van der Waals surface area contributed by atoms with Crippen molar-refractivity contribution < 1.29 is 44.5 Å². The maximum absolute atomic E-state index is 13.6. The fourth-order valence-electron chi connectivity index (χ4n) is 10.0. The van der Waals surface area contributed by atoms with Crippen LogP contribution in [0.1, 0.15) is 97.8 Å². The molecule has 4 aliphatic carbocycles. The van der Waals surface area contributed by atoms with E-state index in [0.29, 0.717) is 49.8 Å². The lowest BCUT2D eigenvalue weighted by Crippen LogP contribution is -2.62. The van der Waals surface area contributed by atoms with Crippen molar-refractivity contribution in [3.8, 4) is 11.5 Å². The maximum atomic E-state index is 13.6. The summed E-state index contributed by atoms with van der Waals surface area (Å²) in [5.41, 5.74) is -2.66. The van der Waals surface area contributed by atoms with Crippen molar-refractivity contribution in [2.45, 2.75) is 127 Å². The summed E-state index contributed by atoms with van der Waals surface area (Å²) < 4.78 is 18.9. The molecule has 244 valence electrons. The zero-order chi connectivity index (χ0) is 32.0. The van der Waals surface area contributed by atoms with E-state index in [1.807, 2.05) is 0 Å². The second-order valence-electron chi connectivity index (χ2n) is 15.6. The Labute approximate surface area is 260 Å². The molecular formula is C35H50O9. The lowest BCUT2D eigenvalue weighted by atomic mass is 9.45. The number of carbonyl (C=O) groups excluding carboxylic acids is 1. The number of aliphatic hydroxyl groups is 4. The van der Waals surface area contributed by atoms with Crippen LogP contribution in [0.15, 0.2) is 29.8 Å². The van der Waals surface area contributed by atoms with Crippen LogP contribution in [0.2, 0.25) is 0 Å². The van der Waals surface area contributed by atoms with E-state index < -0.39 is 46.1 Å². The highest BCUT2D eigenvalue weighted by Crippen LogP contribution is 2.70.